The molecule has 1 aliphatic heterocycles. The molecule has 39 heavy (non-hydrogen) atoms. The van der Waals surface area contributed by atoms with Crippen LogP contribution in [-0.4, -0.2) is 85.3 Å². The largest absolute Gasteiger partial charge is 0.495 e. The Morgan fingerprint density at radius 2 is 1.90 bits per heavy atom. The van der Waals surface area contributed by atoms with Crippen LogP contribution in [0.5, 0.6) is 5.75 Å². The molecule has 210 valence electrons. The molecule has 1 fully saturated rings. The van der Waals surface area contributed by atoms with E-state index in [2.05, 4.69) is 25.8 Å². The highest BCUT2D eigenvalue weighted by Gasteiger charge is 2.37. The van der Waals surface area contributed by atoms with E-state index in [-0.39, 0.29) is 17.7 Å². The molecule has 2 aliphatic rings. The molecule has 4 amide bonds. The van der Waals surface area contributed by atoms with Crippen molar-refractivity contribution in [2.24, 2.45) is 5.92 Å². The van der Waals surface area contributed by atoms with Gasteiger partial charge in [0.15, 0.2) is 5.01 Å². The van der Waals surface area contributed by atoms with E-state index in [1.807, 2.05) is 7.05 Å². The first-order valence-electron chi connectivity index (χ1n) is 12.7. The zero-order chi connectivity index (χ0) is 28.3. The molecule has 13 heteroatoms. The second kappa shape index (κ2) is 12.3. The summed E-state index contributed by atoms with van der Waals surface area (Å²) in [6.07, 6.45) is 2.04. The molecule has 1 saturated carbocycles. The van der Waals surface area contributed by atoms with Crippen LogP contribution in [0.3, 0.4) is 0 Å². The monoisotopic (exact) mass is 576 g/mol. The van der Waals surface area contributed by atoms with E-state index in [0.717, 1.165) is 30.1 Å². The molecular weight excluding hydrogens is 544 g/mol. The number of halogens is 1. The highest BCUT2D eigenvalue weighted by atomic mass is 35.5. The SMILES string of the molecule is COc1cc(Cl)ccc1NC(=O)C(=O)N[C@H]1CC[C@H](C(=O)N(C)C)C[C@H]1NC(=O)c1nc2c(s1)CN(C)CC2. The van der Waals surface area contributed by atoms with E-state index >= 15 is 0 Å². The van der Waals surface area contributed by atoms with Crippen molar-refractivity contribution in [2.75, 3.05) is 40.1 Å². The van der Waals surface area contributed by atoms with Gasteiger partial charge in [-0.15, -0.1) is 11.3 Å². The number of methoxy groups -OCH3 is 1. The summed E-state index contributed by atoms with van der Waals surface area (Å²) in [5.74, 6) is -2.14. The lowest BCUT2D eigenvalue weighted by Gasteiger charge is -2.37. The number of likely N-dealkylation sites (N-methyl/N-ethyl adjacent to an activating group) is 1. The van der Waals surface area contributed by atoms with Crippen molar-refractivity contribution in [1.82, 2.24) is 25.4 Å². The van der Waals surface area contributed by atoms with Crippen LogP contribution < -0.4 is 20.7 Å². The lowest BCUT2D eigenvalue weighted by Crippen LogP contribution is -2.57. The van der Waals surface area contributed by atoms with E-state index in [1.54, 1.807) is 26.2 Å². The Morgan fingerprint density at radius 1 is 1.13 bits per heavy atom. The average molecular weight is 577 g/mol. The lowest BCUT2D eigenvalue weighted by molar-refractivity contribution is -0.137. The lowest BCUT2D eigenvalue weighted by atomic mass is 9.81. The molecule has 0 saturated heterocycles. The van der Waals surface area contributed by atoms with Crippen molar-refractivity contribution >= 4 is 52.3 Å². The van der Waals surface area contributed by atoms with Crippen molar-refractivity contribution < 1.29 is 23.9 Å². The minimum atomic E-state index is -0.885. The summed E-state index contributed by atoms with van der Waals surface area (Å²) in [4.78, 5) is 60.9. The molecule has 0 spiro atoms. The Morgan fingerprint density at radius 3 is 2.62 bits per heavy atom. The Hall–Kier alpha value is -3.22. The molecule has 0 bridgehead atoms. The standard InChI is InChI=1S/C26H33ClN6O5S/c1-32(2)26(37)14-5-7-16(28-22(34)23(35)29-17-8-6-15(27)12-20(17)38-4)19(11-14)30-24(36)25-31-18-9-10-33(3)13-21(18)39-25/h6,8,12,14,16,19H,5,7,9-11,13H2,1-4H3,(H,28,34)(H,29,35)(H,30,36)/t14-,16-,19+/m0/s1. The fraction of sp³-hybridized carbons (Fsp3) is 0.500. The van der Waals surface area contributed by atoms with E-state index in [1.165, 1.54) is 29.4 Å². The summed E-state index contributed by atoms with van der Waals surface area (Å²) in [6, 6.07) is 3.52. The smallest absolute Gasteiger partial charge is 0.313 e. The first-order chi connectivity index (χ1) is 18.5. The second-order valence-corrected chi connectivity index (χ2v) is 11.6. The van der Waals surface area contributed by atoms with Crippen molar-refractivity contribution in [3.8, 4) is 5.75 Å². The molecular formula is C26H33ClN6O5S. The number of anilines is 1. The summed E-state index contributed by atoms with van der Waals surface area (Å²) in [7, 11) is 6.84. The van der Waals surface area contributed by atoms with Crippen LogP contribution in [0.2, 0.25) is 5.02 Å². The number of rotatable bonds is 6. The first-order valence-corrected chi connectivity index (χ1v) is 13.9. The van der Waals surface area contributed by atoms with Crippen LogP contribution in [0.1, 0.15) is 39.6 Å². The topological polar surface area (TPSA) is 133 Å². The predicted octanol–water partition coefficient (Wildman–Crippen LogP) is 1.90. The number of carbonyl (C=O) groups excluding carboxylic acids is 4. The van der Waals surface area contributed by atoms with Gasteiger partial charge in [-0.3, -0.25) is 19.2 Å². The Balaban J connectivity index is 1.47. The van der Waals surface area contributed by atoms with E-state index in [0.29, 0.717) is 40.7 Å². The molecule has 0 radical (unpaired) electrons. The average Bonchev–Trinajstić information content (AvgIpc) is 3.33. The molecule has 4 rings (SSSR count). The van der Waals surface area contributed by atoms with Gasteiger partial charge in [0.1, 0.15) is 5.75 Å². The van der Waals surface area contributed by atoms with Gasteiger partial charge in [0.25, 0.3) is 5.91 Å². The predicted molar refractivity (Wildman–Crippen MR) is 148 cm³/mol. The number of amides is 4. The molecule has 1 aromatic heterocycles. The third-order valence-corrected chi connectivity index (χ3v) is 8.32. The maximum Gasteiger partial charge on any atom is 0.313 e. The van der Waals surface area contributed by atoms with Crippen molar-refractivity contribution in [3.05, 3.63) is 38.8 Å². The van der Waals surface area contributed by atoms with Crippen molar-refractivity contribution in [3.63, 3.8) is 0 Å². The van der Waals surface area contributed by atoms with Crippen LogP contribution in [0.15, 0.2) is 18.2 Å². The zero-order valence-corrected chi connectivity index (χ0v) is 23.9. The number of ether oxygens (including phenoxy) is 1. The van der Waals surface area contributed by atoms with Gasteiger partial charge in [-0.25, -0.2) is 4.98 Å². The molecule has 2 aromatic rings. The minimum Gasteiger partial charge on any atom is -0.495 e. The number of benzene rings is 1. The Bertz CT molecular complexity index is 1270. The zero-order valence-electron chi connectivity index (χ0n) is 22.4. The van der Waals surface area contributed by atoms with Gasteiger partial charge in [0, 0.05) is 61.5 Å². The Labute approximate surface area is 236 Å². The highest BCUT2D eigenvalue weighted by Crippen LogP contribution is 2.29. The molecule has 1 aliphatic carbocycles. The van der Waals surface area contributed by atoms with Crippen LogP contribution in [0.4, 0.5) is 5.69 Å². The number of carbonyl (C=O) groups is 4. The van der Waals surface area contributed by atoms with Crippen LogP contribution in [-0.2, 0) is 27.3 Å². The number of aromatic nitrogens is 1. The van der Waals surface area contributed by atoms with Gasteiger partial charge < -0.3 is 30.5 Å². The van der Waals surface area contributed by atoms with E-state index in [9.17, 15) is 19.2 Å². The quantitative estimate of drug-likeness (QED) is 0.447. The van der Waals surface area contributed by atoms with E-state index in [4.69, 9.17) is 16.3 Å². The molecule has 3 N–H and O–H groups in total. The molecule has 1 aromatic carbocycles. The summed E-state index contributed by atoms with van der Waals surface area (Å²) in [5, 5.41) is 9.06. The van der Waals surface area contributed by atoms with Gasteiger partial charge >= 0.3 is 11.8 Å². The molecule has 11 nitrogen and oxygen atoms in total. The van der Waals surface area contributed by atoms with Crippen LogP contribution in [0, 0.1) is 5.92 Å². The van der Waals surface area contributed by atoms with Gasteiger partial charge in [-0.2, -0.15) is 0 Å². The maximum absolute atomic E-state index is 13.2. The number of hydrogen-bond acceptors (Lipinski definition) is 8. The normalized spacial score (nSPS) is 20.9. The number of thiazole rings is 1. The number of nitrogens with zero attached hydrogens (tertiary/aromatic N) is 3. The highest BCUT2D eigenvalue weighted by molar-refractivity contribution is 7.13. The molecule has 0 unspecified atom stereocenters. The number of hydrogen-bond donors (Lipinski definition) is 3. The van der Waals surface area contributed by atoms with Crippen molar-refractivity contribution in [1.29, 1.82) is 0 Å². The molecule has 3 atom stereocenters. The summed E-state index contributed by atoms with van der Waals surface area (Å²) >= 11 is 7.34. The fourth-order valence-corrected chi connectivity index (χ4v) is 6.18. The van der Waals surface area contributed by atoms with Crippen molar-refractivity contribution in [2.45, 2.75) is 44.3 Å². The third-order valence-electron chi connectivity index (χ3n) is 7.01. The van der Waals surface area contributed by atoms with Crippen LogP contribution in [0.25, 0.3) is 0 Å². The van der Waals surface area contributed by atoms with Gasteiger partial charge in [0.05, 0.1) is 24.5 Å². The molecule has 2 heterocycles. The number of nitrogens with one attached hydrogen (secondary N) is 3. The summed E-state index contributed by atoms with van der Waals surface area (Å²) in [5.41, 5.74) is 1.23. The maximum atomic E-state index is 13.2. The number of fused-ring (bicyclic) bond motifs is 1. The summed E-state index contributed by atoms with van der Waals surface area (Å²) in [6.45, 7) is 1.63. The fourth-order valence-electron chi connectivity index (χ4n) is 4.92. The Kier molecular flexibility index (Phi) is 9.08. The second-order valence-electron chi connectivity index (χ2n) is 10.1. The minimum absolute atomic E-state index is 0.0423. The van der Waals surface area contributed by atoms with Gasteiger partial charge in [0.2, 0.25) is 5.91 Å². The van der Waals surface area contributed by atoms with E-state index < -0.39 is 23.9 Å². The van der Waals surface area contributed by atoms with Gasteiger partial charge in [-0.1, -0.05) is 11.6 Å². The van der Waals surface area contributed by atoms with Crippen LogP contribution >= 0.6 is 22.9 Å². The summed E-state index contributed by atoms with van der Waals surface area (Å²) < 4.78 is 5.23. The van der Waals surface area contributed by atoms with Gasteiger partial charge in [-0.05, 0) is 38.4 Å². The first kappa shape index (κ1) is 28.8. The third kappa shape index (κ3) is 6.87.